The first kappa shape index (κ1) is 24.7. The maximum absolute atomic E-state index is 9.48. The molecule has 224 valence electrons. The average Bonchev–Trinajstić information content (AvgIpc) is 3.17. The fraction of sp³-hybridized carbons (Fsp3) is 0. The summed E-state index contributed by atoms with van der Waals surface area (Å²) in [6.45, 7) is 0. The van der Waals surface area contributed by atoms with E-state index in [9.17, 15) is 1.37 Å². The first-order valence-corrected chi connectivity index (χ1v) is 15.9. The van der Waals surface area contributed by atoms with Gasteiger partial charge < -0.3 is 0 Å². The van der Waals surface area contributed by atoms with Crippen LogP contribution in [0, 0.1) is 0 Å². The van der Waals surface area contributed by atoms with E-state index in [1.807, 2.05) is 91.0 Å². The van der Waals surface area contributed by atoms with Crippen molar-refractivity contribution in [3.63, 3.8) is 0 Å². The molecule has 1 heterocycles. The van der Waals surface area contributed by atoms with E-state index in [1.165, 1.54) is 11.5 Å². The summed E-state index contributed by atoms with van der Waals surface area (Å²) in [5, 5.41) is 6.54. The van der Waals surface area contributed by atoms with Gasteiger partial charge in [0, 0.05) is 16.7 Å². The zero-order valence-corrected chi connectivity index (χ0v) is 25.9. The molecule has 48 heavy (non-hydrogen) atoms. The van der Waals surface area contributed by atoms with Crippen LogP contribution < -0.4 is 0 Å². The molecule has 0 amide bonds. The molecule has 0 saturated carbocycles. The van der Waals surface area contributed by atoms with Crippen molar-refractivity contribution in [3.05, 3.63) is 176 Å². The minimum absolute atomic E-state index is 0.0145. The number of benzene rings is 8. The Hall–Kier alpha value is -6.45. The Bertz CT molecular complexity index is 2780. The van der Waals surface area contributed by atoms with Crippen LogP contribution in [0.4, 0.5) is 0 Å². The second kappa shape index (κ2) is 11.7. The monoisotopic (exact) mass is 614 g/mol. The molecule has 0 saturated heterocycles. The smallest absolute Gasteiger partial charge is 0.164 e. The van der Waals surface area contributed by atoms with E-state index in [0.29, 0.717) is 22.8 Å². The maximum Gasteiger partial charge on any atom is 0.164 e. The van der Waals surface area contributed by atoms with E-state index in [4.69, 9.17) is 17.7 Å². The zero-order chi connectivity index (χ0) is 34.5. The van der Waals surface area contributed by atoms with E-state index in [0.717, 1.165) is 49.2 Å². The Kier molecular flexibility index (Phi) is 6.04. The predicted octanol–water partition coefficient (Wildman–Crippen LogP) is 11.7. The molecule has 0 bridgehead atoms. The van der Waals surface area contributed by atoms with Crippen LogP contribution in [-0.4, -0.2) is 15.0 Å². The van der Waals surface area contributed by atoms with Crippen molar-refractivity contribution in [1.29, 1.82) is 0 Å². The molecule has 8 aromatic carbocycles. The standard InChI is InChI=1S/C45H29N3/c1-2-13-35-29-38(27-24-30(35)10-1)44-46-43(47-45(48-44)42-21-9-15-33-12-4-6-19-41(33)42)37-17-7-16-36(28-37)31-22-25-34(26-23-31)40-20-8-14-32-11-3-5-18-39(32)40/h1-29H/i16D,17D,28D. The summed E-state index contributed by atoms with van der Waals surface area (Å²) in [6.07, 6.45) is 0. The summed E-state index contributed by atoms with van der Waals surface area (Å²) < 4.78 is 27.4. The van der Waals surface area contributed by atoms with Crippen molar-refractivity contribution >= 4 is 32.3 Å². The fourth-order valence-corrected chi connectivity index (χ4v) is 6.43. The highest BCUT2D eigenvalue weighted by molar-refractivity contribution is 5.97. The quantitative estimate of drug-likeness (QED) is 0.194. The van der Waals surface area contributed by atoms with Gasteiger partial charge in [0.15, 0.2) is 17.5 Å². The van der Waals surface area contributed by atoms with Crippen LogP contribution >= 0.6 is 0 Å². The average molecular weight is 615 g/mol. The summed E-state index contributed by atoms with van der Waals surface area (Å²) in [5.74, 6) is 1.12. The first-order valence-electron chi connectivity index (χ1n) is 17.4. The van der Waals surface area contributed by atoms with Crippen molar-refractivity contribution in [3.8, 4) is 56.4 Å². The molecule has 3 heteroatoms. The van der Waals surface area contributed by atoms with Crippen LogP contribution in [0.3, 0.4) is 0 Å². The molecule has 0 aliphatic rings. The molecule has 0 radical (unpaired) electrons. The molecular weight excluding hydrogens is 583 g/mol. The molecule has 9 rings (SSSR count). The van der Waals surface area contributed by atoms with Crippen LogP contribution in [0.5, 0.6) is 0 Å². The van der Waals surface area contributed by atoms with Gasteiger partial charge in [-0.2, -0.15) is 0 Å². The van der Waals surface area contributed by atoms with Gasteiger partial charge in [-0.3, -0.25) is 0 Å². The lowest BCUT2D eigenvalue weighted by atomic mass is 9.96. The number of hydrogen-bond donors (Lipinski definition) is 0. The second-order valence-electron chi connectivity index (χ2n) is 11.8. The third kappa shape index (κ3) is 5.08. The molecular formula is C45H29N3. The number of aromatic nitrogens is 3. The zero-order valence-electron chi connectivity index (χ0n) is 28.9. The van der Waals surface area contributed by atoms with Crippen molar-refractivity contribution in [2.24, 2.45) is 0 Å². The van der Waals surface area contributed by atoms with Crippen molar-refractivity contribution in [2.45, 2.75) is 0 Å². The topological polar surface area (TPSA) is 38.7 Å². The molecule has 1 aromatic heterocycles. The lowest BCUT2D eigenvalue weighted by Crippen LogP contribution is -2.00. The molecule has 0 atom stereocenters. The summed E-state index contributed by atoms with van der Waals surface area (Å²) in [4.78, 5) is 14.9. The van der Waals surface area contributed by atoms with Crippen LogP contribution in [0.1, 0.15) is 4.11 Å². The Balaban J connectivity index is 1.22. The van der Waals surface area contributed by atoms with Gasteiger partial charge in [-0.05, 0) is 66.7 Å². The fourth-order valence-electron chi connectivity index (χ4n) is 6.43. The van der Waals surface area contributed by atoms with E-state index in [2.05, 4.69) is 60.7 Å². The van der Waals surface area contributed by atoms with Gasteiger partial charge >= 0.3 is 0 Å². The minimum atomic E-state index is 0.0145. The lowest BCUT2D eigenvalue weighted by Gasteiger charge is -2.12. The second-order valence-corrected chi connectivity index (χ2v) is 11.8. The minimum Gasteiger partial charge on any atom is -0.208 e. The third-order valence-electron chi connectivity index (χ3n) is 8.85. The Labute approximate surface area is 283 Å². The van der Waals surface area contributed by atoms with Crippen LogP contribution in [0.25, 0.3) is 88.7 Å². The van der Waals surface area contributed by atoms with Crippen molar-refractivity contribution in [1.82, 2.24) is 15.0 Å². The largest absolute Gasteiger partial charge is 0.208 e. The van der Waals surface area contributed by atoms with Gasteiger partial charge in [-0.1, -0.05) is 164 Å². The maximum atomic E-state index is 9.48. The normalized spacial score (nSPS) is 12.2. The van der Waals surface area contributed by atoms with Gasteiger partial charge in [-0.25, -0.2) is 15.0 Å². The molecule has 9 aromatic rings. The highest BCUT2D eigenvalue weighted by Crippen LogP contribution is 2.34. The molecule has 0 fully saturated rings. The van der Waals surface area contributed by atoms with Crippen LogP contribution in [0.2, 0.25) is 0 Å². The highest BCUT2D eigenvalue weighted by Gasteiger charge is 2.15. The molecule has 0 spiro atoms. The molecule has 3 nitrogen and oxygen atoms in total. The van der Waals surface area contributed by atoms with Gasteiger partial charge in [0.25, 0.3) is 0 Å². The number of nitrogens with zero attached hydrogens (tertiary/aromatic N) is 3. The van der Waals surface area contributed by atoms with E-state index < -0.39 is 0 Å². The summed E-state index contributed by atoms with van der Waals surface area (Å²) >= 11 is 0. The molecule has 0 aliphatic carbocycles. The van der Waals surface area contributed by atoms with Crippen LogP contribution in [0.15, 0.2) is 176 Å². The number of rotatable bonds is 5. The van der Waals surface area contributed by atoms with E-state index in [1.54, 1.807) is 0 Å². The predicted molar refractivity (Wildman–Crippen MR) is 200 cm³/mol. The molecule has 0 aliphatic heterocycles. The summed E-state index contributed by atoms with van der Waals surface area (Å²) in [5.41, 5.74) is 5.19. The van der Waals surface area contributed by atoms with Gasteiger partial charge in [0.2, 0.25) is 0 Å². The van der Waals surface area contributed by atoms with E-state index in [-0.39, 0.29) is 29.5 Å². The lowest BCUT2D eigenvalue weighted by molar-refractivity contribution is 1.08. The van der Waals surface area contributed by atoms with E-state index >= 15 is 0 Å². The molecule has 0 unspecified atom stereocenters. The van der Waals surface area contributed by atoms with Crippen LogP contribution in [-0.2, 0) is 0 Å². The Morgan fingerprint density at radius 1 is 0.333 bits per heavy atom. The van der Waals surface area contributed by atoms with Gasteiger partial charge in [0.1, 0.15) is 0 Å². The molecule has 0 N–H and O–H groups in total. The number of fused-ring (bicyclic) bond motifs is 3. The highest BCUT2D eigenvalue weighted by atomic mass is 15.0. The number of hydrogen-bond acceptors (Lipinski definition) is 3. The summed E-state index contributed by atoms with van der Waals surface area (Å²) in [6, 6.07) is 52.5. The van der Waals surface area contributed by atoms with Gasteiger partial charge in [-0.15, -0.1) is 0 Å². The van der Waals surface area contributed by atoms with Crippen molar-refractivity contribution in [2.75, 3.05) is 0 Å². The Morgan fingerprint density at radius 2 is 0.854 bits per heavy atom. The first-order chi connectivity index (χ1) is 25.0. The van der Waals surface area contributed by atoms with Crippen molar-refractivity contribution < 1.29 is 4.11 Å². The third-order valence-corrected chi connectivity index (χ3v) is 8.85. The SMILES string of the molecule is [2H]c1cc([2H])c(-c2nc(-c3ccc4ccccc4c3)nc(-c3cccc4ccccc34)n2)c([2H])c1-c1ccc(-c2cccc3ccccc23)cc1. The summed E-state index contributed by atoms with van der Waals surface area (Å²) in [7, 11) is 0. The Morgan fingerprint density at radius 3 is 1.60 bits per heavy atom. The van der Waals surface area contributed by atoms with Gasteiger partial charge in [0.05, 0.1) is 4.11 Å².